The third-order valence-corrected chi connectivity index (χ3v) is 5.94. The zero-order chi connectivity index (χ0) is 22.9. The van der Waals surface area contributed by atoms with E-state index >= 15 is 0 Å². The van der Waals surface area contributed by atoms with Gasteiger partial charge in [-0.15, -0.1) is 0 Å². The van der Waals surface area contributed by atoms with Crippen molar-refractivity contribution in [1.29, 1.82) is 0 Å². The second kappa shape index (κ2) is 8.71. The average molecular weight is 446 g/mol. The van der Waals surface area contributed by atoms with E-state index in [2.05, 4.69) is 46.9 Å². The molecule has 0 spiro atoms. The molecule has 0 saturated carbocycles. The Kier molecular flexibility index (Phi) is 5.60. The molecule has 2 aromatic carbocycles. The van der Waals surface area contributed by atoms with Crippen LogP contribution in [0.3, 0.4) is 0 Å². The van der Waals surface area contributed by atoms with E-state index < -0.39 is 6.09 Å². The summed E-state index contributed by atoms with van der Waals surface area (Å²) in [4.78, 5) is 17.1. The third-order valence-electron chi connectivity index (χ3n) is 5.94. The Labute approximate surface area is 192 Å². The molecule has 0 fully saturated rings. The Balaban J connectivity index is 1.27. The van der Waals surface area contributed by atoms with E-state index in [9.17, 15) is 4.79 Å². The molecule has 0 atom stereocenters. The van der Waals surface area contributed by atoms with Gasteiger partial charge in [0.25, 0.3) is 0 Å². The first kappa shape index (κ1) is 21.2. The zero-order valence-corrected chi connectivity index (χ0v) is 19.1. The minimum absolute atomic E-state index is 0.135. The highest BCUT2D eigenvalue weighted by Crippen LogP contribution is 2.25. The number of imidazole rings is 1. The lowest BCUT2D eigenvalue weighted by Gasteiger charge is -2.14. The predicted octanol–water partition coefficient (Wildman–Crippen LogP) is 4.82. The Morgan fingerprint density at radius 1 is 1.18 bits per heavy atom. The van der Waals surface area contributed by atoms with Crippen molar-refractivity contribution in [3.63, 3.8) is 0 Å². The Hall–Kier alpha value is -3.65. The highest BCUT2D eigenvalue weighted by Gasteiger charge is 2.16. The highest BCUT2D eigenvalue weighted by molar-refractivity contribution is 5.89. The zero-order valence-electron chi connectivity index (χ0n) is 19.1. The molecule has 8 nitrogen and oxygen atoms in total. The summed E-state index contributed by atoms with van der Waals surface area (Å²) in [6.45, 7) is 8.98. The lowest BCUT2D eigenvalue weighted by Crippen LogP contribution is -2.16. The highest BCUT2D eigenvalue weighted by atomic mass is 16.5. The molecule has 0 radical (unpaired) electrons. The predicted molar refractivity (Wildman–Crippen MR) is 126 cm³/mol. The molecule has 1 amide bonds. The van der Waals surface area contributed by atoms with E-state index in [1.165, 1.54) is 11.1 Å². The number of carbonyl (C=O) groups excluding carboxylic acids is 1. The van der Waals surface area contributed by atoms with E-state index in [4.69, 9.17) is 14.6 Å². The molecule has 0 saturated heterocycles. The summed E-state index contributed by atoms with van der Waals surface area (Å²) in [5.74, 6) is 0.906. The van der Waals surface area contributed by atoms with Crippen molar-refractivity contribution in [2.24, 2.45) is 0 Å². The summed E-state index contributed by atoms with van der Waals surface area (Å²) in [7, 11) is 0. The van der Waals surface area contributed by atoms with Gasteiger partial charge in [-0.25, -0.2) is 9.78 Å². The minimum atomic E-state index is -0.515. The molecular formula is C25H27N5O3. The molecule has 2 aromatic heterocycles. The number of aryl methyl sites for hydroxylation is 3. The maximum atomic E-state index is 12.5. The van der Waals surface area contributed by atoms with Gasteiger partial charge in [0, 0.05) is 24.3 Å². The fourth-order valence-electron chi connectivity index (χ4n) is 4.31. The maximum absolute atomic E-state index is 12.5. The van der Waals surface area contributed by atoms with Crippen LogP contribution in [-0.2, 0) is 35.8 Å². The molecule has 0 bridgehead atoms. The van der Waals surface area contributed by atoms with Gasteiger partial charge >= 0.3 is 6.09 Å². The molecule has 1 aliphatic rings. The first-order chi connectivity index (χ1) is 16.0. The number of hydrogen-bond acceptors (Lipinski definition) is 5. The van der Waals surface area contributed by atoms with Crippen LogP contribution in [0.2, 0.25) is 0 Å². The molecule has 170 valence electrons. The van der Waals surface area contributed by atoms with E-state index in [0.29, 0.717) is 25.4 Å². The maximum Gasteiger partial charge on any atom is 0.412 e. The van der Waals surface area contributed by atoms with Crippen LogP contribution < -0.4 is 5.32 Å². The molecule has 3 heterocycles. The monoisotopic (exact) mass is 445 g/mol. The number of nitrogens with one attached hydrogen (secondary N) is 1. The molecule has 1 aliphatic heterocycles. The third kappa shape index (κ3) is 4.21. The summed E-state index contributed by atoms with van der Waals surface area (Å²) < 4.78 is 15.0. The second-order valence-electron chi connectivity index (χ2n) is 8.29. The number of aromatic nitrogens is 4. The van der Waals surface area contributed by atoms with Gasteiger partial charge < -0.3 is 14.0 Å². The summed E-state index contributed by atoms with van der Waals surface area (Å²) in [5.41, 5.74) is 7.71. The van der Waals surface area contributed by atoms with Gasteiger partial charge in [-0.1, -0.05) is 23.8 Å². The summed E-state index contributed by atoms with van der Waals surface area (Å²) >= 11 is 0. The molecule has 1 N–H and O–H groups in total. The normalized spacial score (nSPS) is 13.2. The summed E-state index contributed by atoms with van der Waals surface area (Å²) in [6, 6.07) is 14.0. The minimum Gasteiger partial charge on any atom is -0.443 e. The van der Waals surface area contributed by atoms with Crippen molar-refractivity contribution in [1.82, 2.24) is 19.3 Å². The smallest absolute Gasteiger partial charge is 0.412 e. The molecule has 0 aliphatic carbocycles. The van der Waals surface area contributed by atoms with Gasteiger partial charge in [0.15, 0.2) is 0 Å². The fraction of sp³-hybridized carbons (Fsp3) is 0.320. The van der Waals surface area contributed by atoms with Crippen LogP contribution in [-0.4, -0.2) is 32.0 Å². The van der Waals surface area contributed by atoms with Crippen molar-refractivity contribution in [3.8, 4) is 11.3 Å². The van der Waals surface area contributed by atoms with Crippen LogP contribution in [0.4, 0.5) is 10.5 Å². The topological polar surface area (TPSA) is 83.2 Å². The molecular weight excluding hydrogens is 418 g/mol. The second-order valence-corrected chi connectivity index (χ2v) is 8.29. The number of anilines is 1. The number of rotatable bonds is 5. The molecule has 0 unspecified atom stereocenters. The van der Waals surface area contributed by atoms with E-state index in [1.54, 1.807) is 0 Å². The average Bonchev–Trinajstić information content (AvgIpc) is 3.38. The quantitative estimate of drug-likeness (QED) is 0.476. The largest absolute Gasteiger partial charge is 0.443 e. The Morgan fingerprint density at radius 3 is 2.88 bits per heavy atom. The van der Waals surface area contributed by atoms with Gasteiger partial charge in [0.2, 0.25) is 0 Å². The molecule has 33 heavy (non-hydrogen) atoms. The van der Waals surface area contributed by atoms with Gasteiger partial charge in [-0.3, -0.25) is 10.00 Å². The number of amides is 1. The number of ether oxygens (including phenoxy) is 2. The van der Waals surface area contributed by atoms with Gasteiger partial charge in [-0.05, 0) is 50.6 Å². The van der Waals surface area contributed by atoms with Crippen LogP contribution in [0.1, 0.15) is 29.6 Å². The standard InChI is InChI=1S/C25H27N5O3/c1-4-30-19(13-21(28-30)20-7-5-16(2)11-17(20)3)14-33-25(31)26-18-6-8-23-22(12-18)27-24-15-32-10-9-29(23)24/h5-8,11-13H,4,9-10,14-15H2,1-3H3,(H,26,31). The van der Waals surface area contributed by atoms with Crippen molar-refractivity contribution in [2.45, 2.75) is 47.1 Å². The lowest BCUT2D eigenvalue weighted by molar-refractivity contribution is 0.0830. The number of nitrogens with zero attached hydrogens (tertiary/aromatic N) is 4. The van der Waals surface area contributed by atoms with Crippen LogP contribution in [0, 0.1) is 13.8 Å². The van der Waals surface area contributed by atoms with Gasteiger partial charge in [-0.2, -0.15) is 5.10 Å². The first-order valence-electron chi connectivity index (χ1n) is 11.2. The van der Waals surface area contributed by atoms with Gasteiger partial charge in [0.05, 0.1) is 29.0 Å². The van der Waals surface area contributed by atoms with E-state index in [0.717, 1.165) is 40.4 Å². The number of carbonyl (C=O) groups is 1. The molecule has 5 rings (SSSR count). The molecule has 4 aromatic rings. The van der Waals surface area contributed by atoms with Crippen molar-refractivity contribution in [3.05, 3.63) is 65.1 Å². The first-order valence-corrected chi connectivity index (χ1v) is 11.2. The van der Waals surface area contributed by atoms with E-state index in [-0.39, 0.29) is 6.61 Å². The number of fused-ring (bicyclic) bond motifs is 3. The Bertz CT molecular complexity index is 1340. The lowest BCUT2D eigenvalue weighted by atomic mass is 10.0. The van der Waals surface area contributed by atoms with E-state index in [1.807, 2.05) is 35.9 Å². The number of benzene rings is 2. The van der Waals surface area contributed by atoms with Crippen molar-refractivity contribution < 1.29 is 14.3 Å². The van der Waals surface area contributed by atoms with Crippen molar-refractivity contribution in [2.75, 3.05) is 11.9 Å². The van der Waals surface area contributed by atoms with Crippen LogP contribution in [0.5, 0.6) is 0 Å². The number of hydrogen-bond donors (Lipinski definition) is 1. The van der Waals surface area contributed by atoms with Gasteiger partial charge in [0.1, 0.15) is 19.0 Å². The molecule has 8 heteroatoms. The SMILES string of the molecule is CCn1nc(-c2ccc(C)cc2C)cc1COC(=O)Nc1ccc2c(c1)nc1n2CCOC1. The van der Waals surface area contributed by atoms with Crippen LogP contribution >= 0.6 is 0 Å². The van der Waals surface area contributed by atoms with Crippen molar-refractivity contribution >= 4 is 22.8 Å². The summed E-state index contributed by atoms with van der Waals surface area (Å²) in [6.07, 6.45) is -0.515. The summed E-state index contributed by atoms with van der Waals surface area (Å²) in [5, 5.41) is 7.51. The fourth-order valence-corrected chi connectivity index (χ4v) is 4.31. The Morgan fingerprint density at radius 2 is 2.06 bits per heavy atom. The van der Waals surface area contributed by atoms with Crippen LogP contribution in [0.15, 0.2) is 42.5 Å². The van der Waals surface area contributed by atoms with Crippen LogP contribution in [0.25, 0.3) is 22.3 Å².